The second kappa shape index (κ2) is 10.8. The second-order valence-electron chi connectivity index (χ2n) is 7.81. The number of nitrogens with one attached hydrogen (secondary N) is 1. The van der Waals surface area contributed by atoms with E-state index in [0.29, 0.717) is 22.2 Å². The van der Waals surface area contributed by atoms with Crippen LogP contribution in [0.1, 0.15) is 12.6 Å². The standard InChI is InChI=1S/C20H23N9O5S3/c1-3-34-27-11(10-7-36-19(23)24-10)15(30)25-12-16(31)29-13(18(32)33)8(5-35-17(12)29)6-37-20-26-14(22)9(21)4-28(20)2/h4,7,12,17,22H,3,5-6,21H2,1-2H3,(H4,23,24,25,30,32,33)/p+1/b27-11-/t12?,17-/m1/s1. The molecule has 8 N–H and O–H groups in total. The van der Waals surface area contributed by atoms with Gasteiger partial charge >= 0.3 is 11.1 Å². The normalized spacial score (nSPS) is 19.4. The van der Waals surface area contributed by atoms with Gasteiger partial charge in [0, 0.05) is 16.9 Å². The van der Waals surface area contributed by atoms with Gasteiger partial charge in [-0.25, -0.2) is 14.3 Å². The number of carbonyl (C=O) groups is 3. The average molecular weight is 567 g/mol. The lowest BCUT2D eigenvalue weighted by Gasteiger charge is -2.49. The van der Waals surface area contributed by atoms with Crippen LogP contribution in [0.5, 0.6) is 0 Å². The average Bonchev–Trinajstić information content (AvgIpc) is 3.29. The Labute approximate surface area is 223 Å². The van der Waals surface area contributed by atoms with Crippen LogP contribution in [0.3, 0.4) is 0 Å². The number of hydrogen-bond donors (Lipinski definition) is 5. The summed E-state index contributed by atoms with van der Waals surface area (Å²) in [6.07, 6.45) is 1.62. The molecule has 0 bridgehead atoms. The summed E-state index contributed by atoms with van der Waals surface area (Å²) in [4.78, 5) is 52.7. The number of carboxylic acids is 1. The van der Waals surface area contributed by atoms with Crippen molar-refractivity contribution in [3.05, 3.63) is 28.5 Å². The Hall–Kier alpha value is -3.57. The largest absolute Gasteiger partial charge is 0.477 e. The summed E-state index contributed by atoms with van der Waals surface area (Å²) in [5.41, 5.74) is 18.1. The molecule has 0 spiro atoms. The third-order valence-electron chi connectivity index (χ3n) is 5.32. The number of nitrogens with two attached hydrogens (primary N) is 3. The number of fused-ring (bicyclic) bond motifs is 1. The fourth-order valence-corrected chi connectivity index (χ4v) is 6.58. The van der Waals surface area contributed by atoms with Crippen LogP contribution < -0.4 is 27.1 Å². The number of carboxylic acid groups (broad SMARTS) is 1. The van der Waals surface area contributed by atoms with Crippen LogP contribution in [-0.4, -0.2) is 73.0 Å². The highest BCUT2D eigenvalue weighted by atomic mass is 32.2. The molecule has 2 aliphatic rings. The maximum absolute atomic E-state index is 13.0. The molecule has 0 saturated carbocycles. The Morgan fingerprint density at radius 3 is 2.78 bits per heavy atom. The van der Waals surface area contributed by atoms with E-state index in [1.165, 1.54) is 28.4 Å². The van der Waals surface area contributed by atoms with Gasteiger partial charge in [0.05, 0.1) is 7.05 Å². The number of rotatable bonds is 9. The maximum atomic E-state index is 13.0. The van der Waals surface area contributed by atoms with Crippen LogP contribution in [0.2, 0.25) is 0 Å². The molecule has 2 amide bonds. The summed E-state index contributed by atoms with van der Waals surface area (Å²) >= 11 is 3.76. The second-order valence-corrected chi connectivity index (χ2v) is 10.7. The molecule has 37 heavy (non-hydrogen) atoms. The predicted molar refractivity (Wildman–Crippen MR) is 139 cm³/mol. The molecule has 2 atom stereocenters. The van der Waals surface area contributed by atoms with Crippen LogP contribution in [0.4, 0.5) is 16.6 Å². The molecule has 196 valence electrons. The van der Waals surface area contributed by atoms with Crippen LogP contribution in [0.15, 0.2) is 33.2 Å². The van der Waals surface area contributed by atoms with Gasteiger partial charge < -0.3 is 32.5 Å². The van der Waals surface area contributed by atoms with E-state index >= 15 is 0 Å². The monoisotopic (exact) mass is 566 g/mol. The number of aromatic nitrogens is 3. The van der Waals surface area contributed by atoms with Crippen molar-refractivity contribution in [2.24, 2.45) is 12.2 Å². The number of nitrogen functional groups attached to an aromatic ring is 3. The van der Waals surface area contributed by atoms with Gasteiger partial charge in [-0.2, -0.15) is 0 Å². The number of carbonyl (C=O) groups excluding carboxylic acids is 2. The van der Waals surface area contributed by atoms with Gasteiger partial charge in [0.1, 0.15) is 41.3 Å². The molecule has 0 aromatic carbocycles. The minimum atomic E-state index is -1.23. The molecule has 1 saturated heterocycles. The van der Waals surface area contributed by atoms with Crippen molar-refractivity contribution in [2.45, 2.75) is 23.5 Å². The topological polar surface area (TPSA) is 216 Å². The highest BCUT2D eigenvalue weighted by Crippen LogP contribution is 2.41. The lowest BCUT2D eigenvalue weighted by molar-refractivity contribution is -0.712. The SMILES string of the molecule is CCO/N=C(\C(=O)NC1C(=O)N2C(C(=O)O)=C(CSc3nc(N)c(N)c[n+]3C)CS[C@H]12)c1csc(N)n1. The van der Waals surface area contributed by atoms with Crippen LogP contribution in [0, 0.1) is 0 Å². The van der Waals surface area contributed by atoms with Crippen molar-refractivity contribution in [3.63, 3.8) is 0 Å². The zero-order valence-electron chi connectivity index (χ0n) is 19.7. The van der Waals surface area contributed by atoms with Gasteiger partial charge in [-0.1, -0.05) is 5.16 Å². The molecule has 2 aromatic rings. The Kier molecular flexibility index (Phi) is 7.74. The molecule has 2 aliphatic heterocycles. The first-order valence-electron chi connectivity index (χ1n) is 10.8. The number of aryl methyl sites for hydroxylation is 1. The number of β-lactam (4-membered cyclic amide) rings is 1. The fourth-order valence-electron chi connectivity index (χ4n) is 3.60. The lowest BCUT2D eigenvalue weighted by Crippen LogP contribution is -2.71. The third-order valence-corrected chi connectivity index (χ3v) is 8.47. The Bertz CT molecular complexity index is 1330. The number of thioether (sulfide) groups is 2. The van der Waals surface area contributed by atoms with E-state index < -0.39 is 29.2 Å². The van der Waals surface area contributed by atoms with Gasteiger partial charge in [0.15, 0.2) is 10.8 Å². The quantitative estimate of drug-likeness (QED) is 0.0641. The van der Waals surface area contributed by atoms with Crippen molar-refractivity contribution >= 4 is 75.0 Å². The maximum Gasteiger partial charge on any atom is 0.361 e. The smallest absolute Gasteiger partial charge is 0.361 e. The third kappa shape index (κ3) is 5.28. The first kappa shape index (κ1) is 26.5. The Morgan fingerprint density at radius 2 is 2.14 bits per heavy atom. The van der Waals surface area contributed by atoms with Crippen LogP contribution in [-0.2, 0) is 26.3 Å². The van der Waals surface area contributed by atoms with Crippen molar-refractivity contribution < 1.29 is 28.9 Å². The molecule has 4 heterocycles. The van der Waals surface area contributed by atoms with E-state index in [9.17, 15) is 19.5 Å². The number of hydrogen-bond acceptors (Lipinski definition) is 13. The molecule has 17 heteroatoms. The Balaban J connectivity index is 1.50. The first-order valence-corrected chi connectivity index (χ1v) is 13.7. The van der Waals surface area contributed by atoms with Crippen LogP contribution >= 0.6 is 34.9 Å². The van der Waals surface area contributed by atoms with E-state index in [1.807, 2.05) is 0 Å². The molecule has 1 fully saturated rings. The predicted octanol–water partition coefficient (Wildman–Crippen LogP) is -0.619. The number of oxime groups is 1. The van der Waals surface area contributed by atoms with Gasteiger partial charge in [-0.15, -0.1) is 23.1 Å². The van der Waals surface area contributed by atoms with Crippen LogP contribution in [0.25, 0.3) is 0 Å². The summed E-state index contributed by atoms with van der Waals surface area (Å²) in [6.45, 7) is 1.92. The number of aliphatic carboxylic acids is 1. The summed E-state index contributed by atoms with van der Waals surface area (Å²) in [5.74, 6) is -1.67. The molecular formula is C20H24N9O5S3+. The molecular weight excluding hydrogens is 542 g/mol. The molecule has 0 aliphatic carbocycles. The highest BCUT2D eigenvalue weighted by molar-refractivity contribution is 8.01. The Morgan fingerprint density at radius 1 is 1.38 bits per heavy atom. The van der Waals surface area contributed by atoms with Crippen molar-refractivity contribution in [2.75, 3.05) is 35.3 Å². The first-order chi connectivity index (χ1) is 17.6. The van der Waals surface area contributed by atoms with Gasteiger partial charge in [-0.05, 0) is 29.2 Å². The summed E-state index contributed by atoms with van der Waals surface area (Å²) in [6, 6.07) is -0.944. The number of thiazole rings is 1. The van der Waals surface area contributed by atoms with E-state index in [-0.39, 0.29) is 40.4 Å². The number of anilines is 3. The molecule has 1 unspecified atom stereocenters. The van der Waals surface area contributed by atoms with E-state index in [4.69, 9.17) is 22.0 Å². The summed E-state index contributed by atoms with van der Waals surface area (Å²) < 4.78 is 1.69. The minimum absolute atomic E-state index is 0.103. The fraction of sp³-hybridized carbons (Fsp3) is 0.350. The van der Waals surface area contributed by atoms with E-state index in [0.717, 1.165) is 11.3 Å². The number of nitrogens with zero attached hydrogens (tertiary/aromatic N) is 5. The summed E-state index contributed by atoms with van der Waals surface area (Å²) in [5, 5.41) is 18.1. The van der Waals surface area contributed by atoms with E-state index in [2.05, 4.69) is 20.4 Å². The lowest BCUT2D eigenvalue weighted by atomic mass is 10.0. The van der Waals surface area contributed by atoms with Gasteiger partial charge in [-0.3, -0.25) is 14.5 Å². The minimum Gasteiger partial charge on any atom is -0.477 e. The zero-order chi connectivity index (χ0) is 26.9. The molecule has 2 aromatic heterocycles. The molecule has 4 rings (SSSR count). The van der Waals surface area contributed by atoms with Gasteiger partial charge in [0.2, 0.25) is 0 Å². The molecule has 14 nitrogen and oxygen atoms in total. The number of amides is 2. The van der Waals surface area contributed by atoms with E-state index in [1.54, 1.807) is 30.1 Å². The van der Waals surface area contributed by atoms with Crippen molar-refractivity contribution in [1.29, 1.82) is 0 Å². The van der Waals surface area contributed by atoms with Crippen molar-refractivity contribution in [3.8, 4) is 0 Å². The van der Waals surface area contributed by atoms with Gasteiger partial charge in [0.25, 0.3) is 17.6 Å². The summed E-state index contributed by atoms with van der Waals surface area (Å²) in [7, 11) is 1.75. The zero-order valence-corrected chi connectivity index (χ0v) is 22.2. The highest BCUT2D eigenvalue weighted by Gasteiger charge is 2.54. The van der Waals surface area contributed by atoms with Crippen molar-refractivity contribution in [1.82, 2.24) is 20.2 Å². The molecule has 0 radical (unpaired) electrons.